The summed E-state index contributed by atoms with van der Waals surface area (Å²) in [5.74, 6) is 0.614. The van der Waals surface area contributed by atoms with Crippen molar-refractivity contribution in [1.29, 1.82) is 0 Å². The molecule has 5 heteroatoms. The van der Waals surface area contributed by atoms with Gasteiger partial charge in [0.15, 0.2) is 0 Å². The number of aryl methyl sites for hydroxylation is 1. The molecule has 0 aliphatic carbocycles. The van der Waals surface area contributed by atoms with Crippen LogP contribution in [0, 0.1) is 6.92 Å². The molecule has 0 aromatic heterocycles. The van der Waals surface area contributed by atoms with Crippen LogP contribution in [0.1, 0.15) is 5.56 Å². The Hall–Kier alpha value is -2.20. The van der Waals surface area contributed by atoms with Crippen LogP contribution < -0.4 is 5.73 Å². The van der Waals surface area contributed by atoms with Crippen LogP contribution in [0.3, 0.4) is 0 Å². The number of rotatable bonds is 4. The Morgan fingerprint density at radius 3 is 2.40 bits per heavy atom. The lowest BCUT2D eigenvalue weighted by Crippen LogP contribution is -2.12. The zero-order valence-corrected chi connectivity index (χ0v) is 11.9. The highest BCUT2D eigenvalue weighted by molar-refractivity contribution is 6.28. The first-order chi connectivity index (χ1) is 9.69. The molecule has 0 saturated carbocycles. The molecule has 2 aromatic rings. The highest BCUT2D eigenvalue weighted by atomic mass is 35.5. The quantitative estimate of drug-likeness (QED) is 0.378. The van der Waals surface area contributed by atoms with Crippen LogP contribution >= 0.6 is 11.6 Å². The Bertz CT molecular complexity index is 636. The van der Waals surface area contributed by atoms with E-state index in [0.717, 1.165) is 22.6 Å². The molecule has 2 aromatic carbocycles. The molecule has 0 aliphatic rings. The molecule has 0 radical (unpaired) electrons. The maximum atomic E-state index is 5.62. The number of amidine groups is 1. The smallest absolute Gasteiger partial charge is 0.115 e. The van der Waals surface area contributed by atoms with E-state index >= 15 is 0 Å². The van der Waals surface area contributed by atoms with Crippen LogP contribution in [0.25, 0.3) is 0 Å². The molecule has 2 N–H and O–H groups in total. The van der Waals surface area contributed by atoms with Gasteiger partial charge in [0, 0.05) is 0 Å². The molecule has 0 atom stereocenters. The largest absolute Gasteiger partial charge is 0.386 e. The Kier molecular flexibility index (Phi) is 4.85. The second-order valence-electron chi connectivity index (χ2n) is 4.24. The maximum absolute atomic E-state index is 5.62. The fourth-order valence-corrected chi connectivity index (χ4v) is 1.68. The van der Waals surface area contributed by atoms with E-state index in [1.54, 1.807) is 0 Å². The third-order valence-electron chi connectivity index (χ3n) is 2.62. The number of aliphatic imine (C=N–C) groups is 1. The summed E-state index contributed by atoms with van der Waals surface area (Å²) in [6.07, 6.45) is 0. The van der Waals surface area contributed by atoms with E-state index in [0.29, 0.717) is 5.84 Å². The van der Waals surface area contributed by atoms with E-state index in [4.69, 9.17) is 17.3 Å². The number of azo groups is 1. The molecule has 4 nitrogen and oxygen atoms in total. The van der Waals surface area contributed by atoms with Gasteiger partial charge in [-0.15, -0.1) is 11.6 Å². The van der Waals surface area contributed by atoms with Crippen LogP contribution in [0.5, 0.6) is 0 Å². The lowest BCUT2D eigenvalue weighted by molar-refractivity contribution is 1.22. The Morgan fingerprint density at radius 1 is 1.05 bits per heavy atom. The number of alkyl halides is 1. The van der Waals surface area contributed by atoms with E-state index in [1.807, 2.05) is 55.5 Å². The van der Waals surface area contributed by atoms with Crippen LogP contribution in [-0.4, -0.2) is 11.7 Å². The van der Waals surface area contributed by atoms with Crippen molar-refractivity contribution < 1.29 is 0 Å². The summed E-state index contributed by atoms with van der Waals surface area (Å²) in [7, 11) is 0. The second-order valence-corrected chi connectivity index (χ2v) is 4.51. The van der Waals surface area contributed by atoms with Gasteiger partial charge in [0.25, 0.3) is 0 Å². The zero-order valence-electron chi connectivity index (χ0n) is 11.1. The van der Waals surface area contributed by atoms with Crippen molar-refractivity contribution in [2.45, 2.75) is 6.92 Å². The van der Waals surface area contributed by atoms with Gasteiger partial charge in [-0.3, -0.25) is 0 Å². The predicted molar refractivity (Wildman–Crippen MR) is 83.8 cm³/mol. The number of nitrogens with zero attached hydrogens (tertiary/aromatic N) is 3. The van der Waals surface area contributed by atoms with Crippen LogP contribution in [0.15, 0.2) is 63.8 Å². The summed E-state index contributed by atoms with van der Waals surface area (Å²) in [4.78, 5) is 4.23. The Balaban J connectivity index is 2.19. The molecular formula is C15H15ClN4. The topological polar surface area (TPSA) is 63.1 Å². The summed E-state index contributed by atoms with van der Waals surface area (Å²) in [5.41, 5.74) is 8.98. The highest BCUT2D eigenvalue weighted by Gasteiger charge is 1.99. The summed E-state index contributed by atoms with van der Waals surface area (Å²) < 4.78 is 0. The van der Waals surface area contributed by atoms with E-state index in [1.165, 1.54) is 0 Å². The van der Waals surface area contributed by atoms with Crippen molar-refractivity contribution in [3.05, 3.63) is 54.1 Å². The fourth-order valence-electron chi connectivity index (χ4n) is 1.62. The number of halogens is 1. The molecule has 0 amide bonds. The Labute approximate surface area is 123 Å². The molecule has 2 rings (SSSR count). The van der Waals surface area contributed by atoms with Crippen LogP contribution in [-0.2, 0) is 0 Å². The summed E-state index contributed by atoms with van der Waals surface area (Å²) in [5, 5.41) is 8.36. The van der Waals surface area contributed by atoms with Crippen molar-refractivity contribution in [1.82, 2.24) is 0 Å². The average Bonchev–Trinajstić information content (AvgIpc) is 2.48. The molecule has 0 unspecified atom stereocenters. The first kappa shape index (κ1) is 14.2. The highest BCUT2D eigenvalue weighted by Crippen LogP contribution is 2.25. The first-order valence-electron chi connectivity index (χ1n) is 6.15. The van der Waals surface area contributed by atoms with Gasteiger partial charge in [-0.1, -0.05) is 18.2 Å². The van der Waals surface area contributed by atoms with Crippen molar-refractivity contribution >= 4 is 34.5 Å². The Morgan fingerprint density at radius 2 is 1.75 bits per heavy atom. The third-order valence-corrected chi connectivity index (χ3v) is 2.89. The van der Waals surface area contributed by atoms with Gasteiger partial charge in [0.05, 0.1) is 22.9 Å². The van der Waals surface area contributed by atoms with E-state index in [2.05, 4.69) is 15.2 Å². The van der Waals surface area contributed by atoms with E-state index < -0.39 is 0 Å². The van der Waals surface area contributed by atoms with Crippen molar-refractivity contribution in [3.8, 4) is 0 Å². The lowest BCUT2D eigenvalue weighted by Gasteiger charge is -2.02. The van der Waals surface area contributed by atoms with Gasteiger partial charge in [0.2, 0.25) is 0 Å². The van der Waals surface area contributed by atoms with E-state index in [-0.39, 0.29) is 5.88 Å². The normalized spacial score (nSPS) is 12.0. The third kappa shape index (κ3) is 3.90. The van der Waals surface area contributed by atoms with Gasteiger partial charge in [0.1, 0.15) is 5.84 Å². The molecule has 0 heterocycles. The van der Waals surface area contributed by atoms with E-state index in [9.17, 15) is 0 Å². The zero-order chi connectivity index (χ0) is 14.4. The molecule has 0 aliphatic heterocycles. The van der Waals surface area contributed by atoms with Crippen molar-refractivity contribution in [3.63, 3.8) is 0 Å². The SMILES string of the molecule is Cc1cc(N=Nc2ccccc2)ccc1N=C(N)CCl. The number of hydrogen-bond acceptors (Lipinski definition) is 3. The van der Waals surface area contributed by atoms with Crippen LogP contribution in [0.4, 0.5) is 17.1 Å². The molecule has 0 fully saturated rings. The van der Waals surface area contributed by atoms with Gasteiger partial charge in [-0.25, -0.2) is 4.99 Å². The van der Waals surface area contributed by atoms with Gasteiger partial charge in [-0.05, 0) is 42.8 Å². The number of nitrogens with two attached hydrogens (primary N) is 1. The maximum Gasteiger partial charge on any atom is 0.115 e. The first-order valence-corrected chi connectivity index (χ1v) is 6.69. The fraction of sp³-hybridized carbons (Fsp3) is 0.133. The van der Waals surface area contributed by atoms with Gasteiger partial charge >= 0.3 is 0 Å². The minimum absolute atomic E-state index is 0.217. The summed E-state index contributed by atoms with van der Waals surface area (Å²) in [6.45, 7) is 1.95. The second kappa shape index (κ2) is 6.82. The van der Waals surface area contributed by atoms with Crippen molar-refractivity contribution in [2.75, 3.05) is 5.88 Å². The molecule has 20 heavy (non-hydrogen) atoms. The molecule has 0 spiro atoms. The monoisotopic (exact) mass is 286 g/mol. The molecular weight excluding hydrogens is 272 g/mol. The van der Waals surface area contributed by atoms with Gasteiger partial charge in [-0.2, -0.15) is 10.2 Å². The number of benzene rings is 2. The van der Waals surface area contributed by atoms with Gasteiger partial charge < -0.3 is 5.73 Å². The molecule has 102 valence electrons. The van der Waals surface area contributed by atoms with Crippen molar-refractivity contribution in [2.24, 2.45) is 21.0 Å². The minimum atomic E-state index is 0.217. The standard InChI is InChI=1S/C15H15ClN4/c1-11-9-13(7-8-14(11)18-15(17)10-16)20-19-12-5-3-2-4-6-12/h2-9H,10H2,1H3,(H2,17,18). The average molecular weight is 287 g/mol. The molecule has 0 bridgehead atoms. The predicted octanol–water partition coefficient (Wildman–Crippen LogP) is 4.64. The number of hydrogen-bond donors (Lipinski definition) is 1. The lowest BCUT2D eigenvalue weighted by atomic mass is 10.2. The molecule has 0 saturated heterocycles. The minimum Gasteiger partial charge on any atom is -0.386 e. The van der Waals surface area contributed by atoms with Crippen LogP contribution in [0.2, 0.25) is 0 Å². The summed E-state index contributed by atoms with van der Waals surface area (Å²) in [6, 6.07) is 15.2. The summed E-state index contributed by atoms with van der Waals surface area (Å²) >= 11 is 5.61.